The highest BCUT2D eigenvalue weighted by atomic mass is 79.9. The van der Waals surface area contributed by atoms with E-state index in [1.54, 1.807) is 32.3 Å². The molecule has 8 nitrogen and oxygen atoms in total. The van der Waals surface area contributed by atoms with Gasteiger partial charge in [0.1, 0.15) is 11.9 Å². The Morgan fingerprint density at radius 3 is 2.74 bits per heavy atom. The number of ether oxygens (including phenoxy) is 1. The van der Waals surface area contributed by atoms with Crippen molar-refractivity contribution in [3.05, 3.63) is 68.6 Å². The quantitative estimate of drug-likeness (QED) is 0.228. The SMILES string of the molecule is CC(=N)/C(=C\NCC(C)C)C[N+]1=CN=C1c1ccc(F)cc1[C@@H](C)Oc1cc(Br)cnc1N=O. The second kappa shape index (κ2) is 11.2. The second-order valence-electron chi connectivity index (χ2n) is 8.35. The Kier molecular flexibility index (Phi) is 8.38. The molecule has 2 N–H and O–H groups in total. The first kappa shape index (κ1) is 25.4. The number of hydrogen-bond acceptors (Lipinski definition) is 7. The summed E-state index contributed by atoms with van der Waals surface area (Å²) in [6.45, 7) is 8.97. The van der Waals surface area contributed by atoms with E-state index in [-0.39, 0.29) is 11.6 Å². The van der Waals surface area contributed by atoms with E-state index in [4.69, 9.17) is 10.1 Å². The second-order valence-corrected chi connectivity index (χ2v) is 9.27. The molecule has 0 spiro atoms. The maximum absolute atomic E-state index is 14.2. The maximum Gasteiger partial charge on any atom is 0.273 e. The van der Waals surface area contributed by atoms with Gasteiger partial charge in [0, 0.05) is 40.3 Å². The smallest absolute Gasteiger partial charge is 0.273 e. The lowest BCUT2D eigenvalue weighted by molar-refractivity contribution is -0.403. The molecule has 1 aliphatic rings. The van der Waals surface area contributed by atoms with Crippen LogP contribution in [0.1, 0.15) is 44.9 Å². The highest BCUT2D eigenvalue weighted by Crippen LogP contribution is 2.33. The third kappa shape index (κ3) is 6.19. The van der Waals surface area contributed by atoms with Crippen LogP contribution in [0.25, 0.3) is 0 Å². The van der Waals surface area contributed by atoms with Crippen molar-refractivity contribution >= 4 is 39.6 Å². The highest BCUT2D eigenvalue weighted by molar-refractivity contribution is 9.10. The molecule has 0 saturated carbocycles. The van der Waals surface area contributed by atoms with Gasteiger partial charge in [-0.25, -0.2) is 13.9 Å². The van der Waals surface area contributed by atoms with E-state index in [0.29, 0.717) is 39.6 Å². The van der Waals surface area contributed by atoms with Crippen molar-refractivity contribution in [2.45, 2.75) is 33.8 Å². The number of hydrogen-bond donors (Lipinski definition) is 2. The van der Waals surface area contributed by atoms with Gasteiger partial charge in [0.25, 0.3) is 5.84 Å². The number of nitrogens with zero attached hydrogens (tertiary/aromatic N) is 4. The number of aliphatic imine (C=N–C) groups is 1. The van der Waals surface area contributed by atoms with Gasteiger partial charge in [0.05, 0.1) is 12.1 Å². The van der Waals surface area contributed by atoms with Crippen LogP contribution < -0.4 is 10.1 Å². The van der Waals surface area contributed by atoms with Crippen molar-refractivity contribution < 1.29 is 13.7 Å². The molecule has 0 aliphatic carbocycles. The molecule has 0 bridgehead atoms. The van der Waals surface area contributed by atoms with Crippen LogP contribution in [0.4, 0.5) is 10.2 Å². The summed E-state index contributed by atoms with van der Waals surface area (Å²) < 4.78 is 22.7. The van der Waals surface area contributed by atoms with Crippen LogP contribution in [0.5, 0.6) is 5.75 Å². The predicted octanol–water partition coefficient (Wildman–Crippen LogP) is 5.49. The van der Waals surface area contributed by atoms with Crippen molar-refractivity contribution in [2.24, 2.45) is 16.1 Å². The summed E-state index contributed by atoms with van der Waals surface area (Å²) in [6.07, 6.45) is 4.36. The first-order chi connectivity index (χ1) is 16.2. The zero-order valence-corrected chi connectivity index (χ0v) is 21.1. The molecule has 1 aromatic heterocycles. The summed E-state index contributed by atoms with van der Waals surface area (Å²) in [4.78, 5) is 19.5. The van der Waals surface area contributed by atoms with Crippen molar-refractivity contribution in [1.29, 1.82) is 5.41 Å². The minimum atomic E-state index is -0.625. The summed E-state index contributed by atoms with van der Waals surface area (Å²) in [5, 5.41) is 14.3. The average Bonchev–Trinajstić information content (AvgIpc) is 2.76. The number of nitrogens with one attached hydrogen (secondary N) is 2. The third-order valence-corrected chi connectivity index (χ3v) is 5.53. The molecular weight excluding hydrogens is 503 g/mol. The van der Waals surface area contributed by atoms with Gasteiger partial charge in [-0.15, -0.1) is 4.91 Å². The summed E-state index contributed by atoms with van der Waals surface area (Å²) in [5.41, 5.74) is 2.52. The molecule has 3 rings (SSSR count). The predicted molar refractivity (Wildman–Crippen MR) is 135 cm³/mol. The van der Waals surface area contributed by atoms with Gasteiger partial charge in [-0.3, -0.25) is 0 Å². The number of pyridine rings is 1. The first-order valence-electron chi connectivity index (χ1n) is 10.8. The van der Waals surface area contributed by atoms with Gasteiger partial charge in [-0.2, -0.15) is 0 Å². The lowest BCUT2D eigenvalue weighted by Crippen LogP contribution is -2.34. The van der Waals surface area contributed by atoms with E-state index in [0.717, 1.165) is 12.1 Å². The molecule has 1 atom stereocenters. The molecule has 0 unspecified atom stereocenters. The number of benzene rings is 1. The molecule has 1 aromatic carbocycles. The minimum absolute atomic E-state index is 0.0888. The van der Waals surface area contributed by atoms with Crippen LogP contribution in [-0.4, -0.2) is 40.5 Å². The van der Waals surface area contributed by atoms with E-state index in [9.17, 15) is 9.30 Å². The highest BCUT2D eigenvalue weighted by Gasteiger charge is 2.28. The Hall–Kier alpha value is -3.27. The van der Waals surface area contributed by atoms with Crippen molar-refractivity contribution in [3.8, 4) is 5.75 Å². The van der Waals surface area contributed by atoms with Crippen LogP contribution in [0, 0.1) is 22.1 Å². The van der Waals surface area contributed by atoms with Crippen LogP contribution in [-0.2, 0) is 0 Å². The lowest BCUT2D eigenvalue weighted by atomic mass is 10.0. The molecular formula is C24H27BrFN6O2+. The van der Waals surface area contributed by atoms with Gasteiger partial charge < -0.3 is 15.5 Å². The number of amidine groups is 1. The van der Waals surface area contributed by atoms with Crippen molar-refractivity contribution in [3.63, 3.8) is 0 Å². The Morgan fingerprint density at radius 2 is 2.12 bits per heavy atom. The topological polar surface area (TPSA) is 103 Å². The average molecular weight is 530 g/mol. The van der Waals surface area contributed by atoms with Crippen molar-refractivity contribution in [1.82, 2.24) is 10.3 Å². The molecule has 0 saturated heterocycles. The molecule has 0 fully saturated rings. The molecule has 10 heteroatoms. The van der Waals surface area contributed by atoms with Crippen LogP contribution in [0.3, 0.4) is 0 Å². The van der Waals surface area contributed by atoms with Crippen LogP contribution >= 0.6 is 15.9 Å². The fraction of sp³-hybridized carbons (Fsp3) is 0.333. The lowest BCUT2D eigenvalue weighted by Gasteiger charge is -2.21. The molecule has 1 aliphatic heterocycles. The van der Waals surface area contributed by atoms with Crippen LogP contribution in [0.15, 0.2) is 56.9 Å². The zero-order valence-electron chi connectivity index (χ0n) is 19.5. The monoisotopic (exact) mass is 529 g/mol. The Labute approximate surface area is 206 Å². The van der Waals surface area contributed by atoms with Crippen LogP contribution in [0.2, 0.25) is 0 Å². The van der Waals surface area contributed by atoms with E-state index < -0.39 is 11.9 Å². The summed E-state index contributed by atoms with van der Waals surface area (Å²) in [6, 6.07) is 6.00. The summed E-state index contributed by atoms with van der Waals surface area (Å²) in [5.74, 6) is 0.804. The number of nitroso groups, excluding NO2 is 1. The van der Waals surface area contributed by atoms with Gasteiger partial charge in [0.2, 0.25) is 12.2 Å². The van der Waals surface area contributed by atoms with Gasteiger partial charge >= 0.3 is 0 Å². The molecule has 0 radical (unpaired) electrons. The molecule has 2 heterocycles. The largest absolute Gasteiger partial charge is 0.482 e. The Balaban J connectivity index is 1.84. The van der Waals surface area contributed by atoms with E-state index in [1.807, 2.05) is 10.8 Å². The number of rotatable bonds is 11. The summed E-state index contributed by atoms with van der Waals surface area (Å²) in [7, 11) is 0. The maximum atomic E-state index is 14.2. The number of aromatic nitrogens is 1. The normalized spacial score (nSPS) is 14.1. The minimum Gasteiger partial charge on any atom is -0.482 e. The fourth-order valence-electron chi connectivity index (χ4n) is 3.31. The summed E-state index contributed by atoms with van der Waals surface area (Å²) >= 11 is 3.31. The van der Waals surface area contributed by atoms with E-state index >= 15 is 0 Å². The van der Waals surface area contributed by atoms with Gasteiger partial charge in [-0.05, 0) is 65.1 Å². The van der Waals surface area contributed by atoms with Gasteiger partial charge in [0.15, 0.2) is 5.75 Å². The Bertz CT molecular complexity index is 1190. The zero-order chi connectivity index (χ0) is 24.8. The fourth-order valence-corrected chi connectivity index (χ4v) is 3.62. The molecule has 0 amide bonds. The van der Waals surface area contributed by atoms with Gasteiger partial charge in [-0.1, -0.05) is 18.8 Å². The molecule has 2 aromatic rings. The molecule has 178 valence electrons. The molecule has 34 heavy (non-hydrogen) atoms. The number of halogens is 2. The first-order valence-corrected chi connectivity index (χ1v) is 11.6. The Morgan fingerprint density at radius 1 is 1.35 bits per heavy atom. The van der Waals surface area contributed by atoms with E-state index in [2.05, 4.69) is 50.2 Å². The van der Waals surface area contributed by atoms with Crippen molar-refractivity contribution in [2.75, 3.05) is 13.1 Å². The van der Waals surface area contributed by atoms with E-state index in [1.165, 1.54) is 18.3 Å². The standard InChI is InChI=1S/C24H27BrFN6O2/c1-14(2)9-28-10-17(15(3)27)12-32-13-30-24(32)20-6-5-19(26)8-21(20)16(4)34-22-7-18(25)11-29-23(22)31-33/h5-8,10-11,13-14,16,27-28H,9,12H2,1-4H3/q+1/b17-10-,27-15?/t16-/m1/s1. The third-order valence-electron chi connectivity index (χ3n) is 5.10.